The Kier molecular flexibility index (Phi) is 5.45. The summed E-state index contributed by atoms with van der Waals surface area (Å²) in [6, 6.07) is 7.08. The van der Waals surface area contributed by atoms with Gasteiger partial charge in [0.1, 0.15) is 0 Å². The Balaban J connectivity index is 2.48. The van der Waals surface area contributed by atoms with Crippen molar-refractivity contribution in [2.45, 2.75) is 26.4 Å². The third-order valence-corrected chi connectivity index (χ3v) is 2.69. The second-order valence-electron chi connectivity index (χ2n) is 4.44. The van der Waals surface area contributed by atoms with Crippen LogP contribution in [0.1, 0.15) is 31.9 Å². The number of benzene rings is 1. The highest BCUT2D eigenvalue weighted by Gasteiger charge is 2.12. The maximum absolute atomic E-state index is 11.4. The molecular weight excluding hydrogens is 238 g/mol. The molecule has 2 N–H and O–H groups in total. The van der Waals surface area contributed by atoms with Gasteiger partial charge in [0, 0.05) is 23.6 Å². The van der Waals surface area contributed by atoms with Crippen molar-refractivity contribution in [2.75, 3.05) is 6.54 Å². The summed E-state index contributed by atoms with van der Waals surface area (Å²) in [7, 11) is 0. The first-order valence-corrected chi connectivity index (χ1v) is 6.07. The molecule has 1 unspecified atom stereocenters. The van der Waals surface area contributed by atoms with Gasteiger partial charge in [-0.1, -0.05) is 43.6 Å². The van der Waals surface area contributed by atoms with Gasteiger partial charge in [-0.3, -0.25) is 4.79 Å². The monoisotopic (exact) mass is 255 g/mol. The van der Waals surface area contributed by atoms with Gasteiger partial charge in [-0.25, -0.2) is 0 Å². The number of hydrogen-bond acceptors (Lipinski definition) is 2. The number of amides is 1. The summed E-state index contributed by atoms with van der Waals surface area (Å²) in [4.78, 5) is 11.4. The van der Waals surface area contributed by atoms with E-state index in [9.17, 15) is 9.90 Å². The predicted octanol–water partition coefficient (Wildman–Crippen LogP) is 2.54. The molecule has 0 heterocycles. The van der Waals surface area contributed by atoms with Crippen molar-refractivity contribution in [3.63, 3.8) is 0 Å². The average molecular weight is 256 g/mol. The lowest BCUT2D eigenvalue weighted by atomic mass is 10.1. The highest BCUT2D eigenvalue weighted by molar-refractivity contribution is 6.31. The Morgan fingerprint density at radius 3 is 2.65 bits per heavy atom. The topological polar surface area (TPSA) is 49.3 Å². The van der Waals surface area contributed by atoms with E-state index in [2.05, 4.69) is 5.32 Å². The third-order valence-electron chi connectivity index (χ3n) is 2.35. The SMILES string of the molecule is CC(C)CC(=O)NCC(O)c1ccccc1Cl. The molecule has 1 rings (SSSR count). The van der Waals surface area contributed by atoms with Crippen LogP contribution in [0.3, 0.4) is 0 Å². The fourth-order valence-electron chi connectivity index (χ4n) is 1.51. The molecule has 0 aliphatic carbocycles. The molecule has 0 saturated heterocycles. The minimum absolute atomic E-state index is 0.0499. The normalized spacial score (nSPS) is 12.5. The van der Waals surface area contributed by atoms with E-state index in [4.69, 9.17) is 11.6 Å². The number of halogens is 1. The molecule has 3 nitrogen and oxygen atoms in total. The van der Waals surface area contributed by atoms with Crippen LogP contribution in [-0.2, 0) is 4.79 Å². The standard InChI is InChI=1S/C13H18ClNO2/c1-9(2)7-13(17)15-8-12(16)10-5-3-4-6-11(10)14/h3-6,9,12,16H,7-8H2,1-2H3,(H,15,17). The lowest BCUT2D eigenvalue weighted by Gasteiger charge is -2.14. The Labute approximate surface area is 107 Å². The lowest BCUT2D eigenvalue weighted by Crippen LogP contribution is -2.29. The smallest absolute Gasteiger partial charge is 0.220 e. The van der Waals surface area contributed by atoms with Crippen LogP contribution in [0.15, 0.2) is 24.3 Å². The molecule has 0 fully saturated rings. The summed E-state index contributed by atoms with van der Waals surface area (Å²) in [5.74, 6) is 0.263. The molecule has 94 valence electrons. The third kappa shape index (κ3) is 4.75. The number of aliphatic hydroxyl groups is 1. The maximum atomic E-state index is 11.4. The van der Waals surface area contributed by atoms with Crippen LogP contribution in [0.2, 0.25) is 5.02 Å². The molecule has 0 aliphatic rings. The first kappa shape index (κ1) is 14.0. The number of nitrogens with one attached hydrogen (secondary N) is 1. The van der Waals surface area contributed by atoms with E-state index < -0.39 is 6.10 Å². The van der Waals surface area contributed by atoms with Crippen LogP contribution in [0.4, 0.5) is 0 Å². The first-order chi connectivity index (χ1) is 8.00. The highest BCUT2D eigenvalue weighted by atomic mass is 35.5. The second kappa shape index (κ2) is 6.62. The summed E-state index contributed by atoms with van der Waals surface area (Å²) < 4.78 is 0. The van der Waals surface area contributed by atoms with E-state index in [1.54, 1.807) is 24.3 Å². The fraction of sp³-hybridized carbons (Fsp3) is 0.462. The summed E-state index contributed by atoms with van der Waals surface area (Å²) in [6.45, 7) is 4.14. The summed E-state index contributed by atoms with van der Waals surface area (Å²) in [5.41, 5.74) is 0.638. The number of rotatable bonds is 5. The van der Waals surface area contributed by atoms with Crippen molar-refractivity contribution >= 4 is 17.5 Å². The Bertz CT molecular complexity index is 379. The zero-order chi connectivity index (χ0) is 12.8. The molecule has 0 saturated carbocycles. The summed E-state index contributed by atoms with van der Waals surface area (Å²) in [5, 5.41) is 13.1. The Morgan fingerprint density at radius 2 is 2.06 bits per heavy atom. The number of carbonyl (C=O) groups is 1. The van der Waals surface area contributed by atoms with Gasteiger partial charge in [0.05, 0.1) is 6.10 Å². The minimum Gasteiger partial charge on any atom is -0.387 e. The van der Waals surface area contributed by atoms with E-state index in [0.29, 0.717) is 22.9 Å². The van der Waals surface area contributed by atoms with Crippen molar-refractivity contribution in [1.82, 2.24) is 5.32 Å². The molecule has 0 spiro atoms. The van der Waals surface area contributed by atoms with Crippen LogP contribution in [0.5, 0.6) is 0 Å². The molecule has 1 atom stereocenters. The summed E-state index contributed by atoms with van der Waals surface area (Å²) >= 11 is 5.95. The van der Waals surface area contributed by atoms with Crippen molar-refractivity contribution in [3.05, 3.63) is 34.9 Å². The van der Waals surface area contributed by atoms with Gasteiger partial charge in [-0.2, -0.15) is 0 Å². The van der Waals surface area contributed by atoms with Gasteiger partial charge in [0.15, 0.2) is 0 Å². The molecule has 0 radical (unpaired) electrons. The lowest BCUT2D eigenvalue weighted by molar-refractivity contribution is -0.122. The van der Waals surface area contributed by atoms with Crippen molar-refractivity contribution in [2.24, 2.45) is 5.92 Å². The zero-order valence-electron chi connectivity index (χ0n) is 10.1. The second-order valence-corrected chi connectivity index (χ2v) is 4.85. The molecule has 1 aromatic carbocycles. The zero-order valence-corrected chi connectivity index (χ0v) is 10.9. The van der Waals surface area contributed by atoms with Gasteiger partial charge < -0.3 is 10.4 Å². The largest absolute Gasteiger partial charge is 0.387 e. The molecule has 4 heteroatoms. The average Bonchev–Trinajstić information content (AvgIpc) is 2.25. The molecule has 0 aliphatic heterocycles. The van der Waals surface area contributed by atoms with Crippen LogP contribution in [0.25, 0.3) is 0 Å². The Morgan fingerprint density at radius 1 is 1.41 bits per heavy atom. The highest BCUT2D eigenvalue weighted by Crippen LogP contribution is 2.21. The van der Waals surface area contributed by atoms with Crippen LogP contribution in [0, 0.1) is 5.92 Å². The van der Waals surface area contributed by atoms with E-state index in [-0.39, 0.29) is 12.5 Å². The molecule has 1 aromatic rings. The Hall–Kier alpha value is -1.06. The first-order valence-electron chi connectivity index (χ1n) is 5.70. The van der Waals surface area contributed by atoms with E-state index >= 15 is 0 Å². The van der Waals surface area contributed by atoms with Crippen LogP contribution < -0.4 is 5.32 Å². The quantitative estimate of drug-likeness (QED) is 0.850. The number of aliphatic hydroxyl groups excluding tert-OH is 1. The van der Waals surface area contributed by atoms with E-state index in [0.717, 1.165) is 0 Å². The number of carbonyl (C=O) groups excluding carboxylic acids is 1. The van der Waals surface area contributed by atoms with Gasteiger partial charge >= 0.3 is 0 Å². The van der Waals surface area contributed by atoms with Crippen LogP contribution in [-0.4, -0.2) is 17.6 Å². The van der Waals surface area contributed by atoms with Gasteiger partial charge in [0.2, 0.25) is 5.91 Å². The van der Waals surface area contributed by atoms with Crippen molar-refractivity contribution in [1.29, 1.82) is 0 Å². The number of hydrogen-bond donors (Lipinski definition) is 2. The van der Waals surface area contributed by atoms with Crippen molar-refractivity contribution in [3.8, 4) is 0 Å². The van der Waals surface area contributed by atoms with Gasteiger partial charge in [0.25, 0.3) is 0 Å². The van der Waals surface area contributed by atoms with E-state index in [1.807, 2.05) is 13.8 Å². The molecular formula is C13H18ClNO2. The minimum atomic E-state index is -0.764. The van der Waals surface area contributed by atoms with Gasteiger partial charge in [-0.05, 0) is 12.0 Å². The van der Waals surface area contributed by atoms with Crippen LogP contribution >= 0.6 is 11.6 Å². The summed E-state index contributed by atoms with van der Waals surface area (Å²) in [6.07, 6.45) is -0.297. The molecule has 0 bridgehead atoms. The predicted molar refractivity (Wildman–Crippen MR) is 68.9 cm³/mol. The fourth-order valence-corrected chi connectivity index (χ4v) is 1.77. The van der Waals surface area contributed by atoms with E-state index in [1.165, 1.54) is 0 Å². The molecule has 17 heavy (non-hydrogen) atoms. The molecule has 0 aromatic heterocycles. The maximum Gasteiger partial charge on any atom is 0.220 e. The van der Waals surface area contributed by atoms with Gasteiger partial charge in [-0.15, -0.1) is 0 Å². The van der Waals surface area contributed by atoms with Crippen molar-refractivity contribution < 1.29 is 9.90 Å². The molecule has 1 amide bonds.